The van der Waals surface area contributed by atoms with Crippen LogP contribution in [-0.2, 0) is 12.0 Å². The van der Waals surface area contributed by atoms with Crippen molar-refractivity contribution in [3.05, 3.63) is 111 Å². The van der Waals surface area contributed by atoms with E-state index in [0.717, 1.165) is 21.1 Å². The van der Waals surface area contributed by atoms with Gasteiger partial charge in [-0.05, 0) is 42.5 Å². The van der Waals surface area contributed by atoms with Gasteiger partial charge in [0.2, 0.25) is 0 Å². The van der Waals surface area contributed by atoms with Gasteiger partial charge in [-0.25, -0.2) is 4.98 Å². The van der Waals surface area contributed by atoms with Crippen LogP contribution in [0.5, 0.6) is 0 Å². The highest BCUT2D eigenvalue weighted by molar-refractivity contribution is 9.10. The second kappa shape index (κ2) is 6.57. The molecule has 1 aliphatic rings. The Morgan fingerprint density at radius 3 is 2.55 bits per heavy atom. The minimum absolute atomic E-state index is 0.188. The third-order valence-electron chi connectivity index (χ3n) is 5.88. The van der Waals surface area contributed by atoms with Crippen molar-refractivity contribution in [3.8, 4) is 5.69 Å². The molecule has 1 N–H and O–H groups in total. The largest absolute Gasteiger partial charge is 0.377 e. The van der Waals surface area contributed by atoms with Crippen molar-refractivity contribution in [2.75, 3.05) is 0 Å². The molecule has 150 valence electrons. The van der Waals surface area contributed by atoms with Crippen molar-refractivity contribution in [2.45, 2.75) is 12.0 Å². The lowest BCUT2D eigenvalue weighted by Crippen LogP contribution is -2.32. The Kier molecular flexibility index (Phi) is 3.91. The second-order valence-electron chi connectivity index (χ2n) is 7.79. The van der Waals surface area contributed by atoms with Crippen LogP contribution in [0.2, 0.25) is 0 Å². The lowest BCUT2D eigenvalue weighted by Gasteiger charge is -2.23. The van der Waals surface area contributed by atoms with Gasteiger partial charge in [0.25, 0.3) is 5.56 Å². The van der Waals surface area contributed by atoms with E-state index >= 15 is 0 Å². The predicted octanol–water partition coefficient (Wildman–Crippen LogP) is 4.49. The number of rotatable bonds is 2. The molecule has 5 nitrogen and oxygen atoms in total. The topological polar surface area (TPSA) is 68.0 Å². The molecule has 31 heavy (non-hydrogen) atoms. The lowest BCUT2D eigenvalue weighted by atomic mass is 9.89. The Morgan fingerprint density at radius 2 is 1.68 bits per heavy atom. The van der Waals surface area contributed by atoms with Crippen LogP contribution in [0.3, 0.4) is 0 Å². The molecule has 1 aliphatic heterocycles. The number of hydrogen-bond donors (Lipinski definition) is 1. The molecule has 0 amide bonds. The van der Waals surface area contributed by atoms with Crippen LogP contribution in [0.1, 0.15) is 17.1 Å². The van der Waals surface area contributed by atoms with Crippen LogP contribution < -0.4 is 5.56 Å². The monoisotopic (exact) mass is 469 g/mol. The molecule has 0 saturated heterocycles. The molecule has 0 saturated carbocycles. The summed E-state index contributed by atoms with van der Waals surface area (Å²) in [5, 5.41) is 13.6. The van der Waals surface area contributed by atoms with Crippen molar-refractivity contribution in [3.63, 3.8) is 0 Å². The average Bonchev–Trinajstić information content (AvgIpc) is 3.02. The van der Waals surface area contributed by atoms with Gasteiger partial charge >= 0.3 is 0 Å². The number of nitrogens with zero attached hydrogens (tertiary/aromatic N) is 3. The van der Waals surface area contributed by atoms with Crippen molar-refractivity contribution < 1.29 is 5.11 Å². The first-order chi connectivity index (χ1) is 15.0. The van der Waals surface area contributed by atoms with Gasteiger partial charge in [-0.15, -0.1) is 0 Å². The minimum atomic E-state index is -1.49. The highest BCUT2D eigenvalue weighted by Crippen LogP contribution is 2.43. The first-order valence-corrected chi connectivity index (χ1v) is 10.7. The van der Waals surface area contributed by atoms with Crippen LogP contribution in [0.4, 0.5) is 0 Å². The third-order valence-corrected chi connectivity index (χ3v) is 6.38. The fourth-order valence-electron chi connectivity index (χ4n) is 4.43. The molecule has 1 atom stereocenters. The van der Waals surface area contributed by atoms with Crippen molar-refractivity contribution in [2.24, 2.45) is 0 Å². The van der Waals surface area contributed by atoms with Gasteiger partial charge in [0.1, 0.15) is 0 Å². The first-order valence-electron chi connectivity index (χ1n) is 9.94. The number of fused-ring (bicyclic) bond motifs is 5. The molecular weight excluding hydrogens is 454 g/mol. The molecule has 0 radical (unpaired) electrons. The lowest BCUT2D eigenvalue weighted by molar-refractivity contribution is 0.0764. The molecule has 3 heterocycles. The van der Waals surface area contributed by atoms with Crippen molar-refractivity contribution in [1.29, 1.82) is 0 Å². The molecule has 0 bridgehead atoms. The van der Waals surface area contributed by atoms with Crippen molar-refractivity contribution in [1.82, 2.24) is 14.5 Å². The number of benzene rings is 3. The molecule has 5 aromatic rings. The molecule has 3 aromatic carbocycles. The average molecular weight is 470 g/mol. The number of aromatic nitrogens is 3. The Morgan fingerprint density at radius 1 is 0.903 bits per heavy atom. The molecular formula is C25H16BrN3O2. The van der Waals surface area contributed by atoms with E-state index in [9.17, 15) is 9.90 Å². The Bertz CT molecular complexity index is 1580. The maximum atomic E-state index is 13.4. The summed E-state index contributed by atoms with van der Waals surface area (Å²) in [7, 11) is 0. The van der Waals surface area contributed by atoms with Gasteiger partial charge in [-0.2, -0.15) is 0 Å². The van der Waals surface area contributed by atoms with E-state index in [4.69, 9.17) is 9.97 Å². The van der Waals surface area contributed by atoms with Gasteiger partial charge < -0.3 is 5.11 Å². The van der Waals surface area contributed by atoms with Crippen LogP contribution in [-0.4, -0.2) is 19.6 Å². The number of hydrogen-bond acceptors (Lipinski definition) is 4. The summed E-state index contributed by atoms with van der Waals surface area (Å²) in [6, 6.07) is 24.6. The fourth-order valence-corrected chi connectivity index (χ4v) is 4.79. The van der Waals surface area contributed by atoms with Crippen molar-refractivity contribution >= 4 is 37.7 Å². The summed E-state index contributed by atoms with van der Waals surface area (Å²) in [6.07, 6.45) is 0.200. The number of pyridine rings is 1. The first kappa shape index (κ1) is 18.4. The maximum Gasteiger partial charge on any atom is 0.266 e. The minimum Gasteiger partial charge on any atom is -0.377 e. The SMILES string of the molecule is O=c1c2ccccc2nc2n1-c1ccc(Br)cc1C2(O)Cc1ccc2ccccc2n1. The summed E-state index contributed by atoms with van der Waals surface area (Å²) in [5.74, 6) is 0.319. The number of halogens is 1. The fraction of sp³-hybridized carbons (Fsp3) is 0.0800. The van der Waals surface area contributed by atoms with E-state index in [0.29, 0.717) is 28.0 Å². The summed E-state index contributed by atoms with van der Waals surface area (Å²) < 4.78 is 2.35. The Labute approximate surface area is 185 Å². The van der Waals surface area contributed by atoms with Crippen LogP contribution >= 0.6 is 15.9 Å². The zero-order chi connectivity index (χ0) is 21.2. The summed E-state index contributed by atoms with van der Waals surface area (Å²) in [4.78, 5) is 22.9. The summed E-state index contributed by atoms with van der Waals surface area (Å²) in [6.45, 7) is 0. The van der Waals surface area contributed by atoms with Gasteiger partial charge in [0.15, 0.2) is 11.4 Å². The Hall–Kier alpha value is -3.35. The Balaban J connectivity index is 1.62. The summed E-state index contributed by atoms with van der Waals surface area (Å²) in [5.41, 5.74) is 1.75. The number of para-hydroxylation sites is 2. The van der Waals surface area contributed by atoms with E-state index in [1.54, 1.807) is 12.1 Å². The smallest absolute Gasteiger partial charge is 0.266 e. The van der Waals surface area contributed by atoms with E-state index < -0.39 is 5.60 Å². The van der Waals surface area contributed by atoms with Gasteiger partial charge in [-0.3, -0.25) is 14.3 Å². The van der Waals surface area contributed by atoms with Crippen LogP contribution in [0.15, 0.2) is 88.1 Å². The quantitative estimate of drug-likeness (QED) is 0.413. The standard InChI is InChI=1S/C25H16BrN3O2/c26-16-10-12-22-19(13-16)25(31,14-17-11-9-15-5-1-3-7-20(15)27-17)24-28-21-8-4-2-6-18(21)23(30)29(22)24/h1-13,31H,14H2. The number of aliphatic hydroxyl groups is 1. The molecule has 0 spiro atoms. The van der Waals surface area contributed by atoms with Crippen LogP contribution in [0, 0.1) is 0 Å². The maximum absolute atomic E-state index is 13.4. The van der Waals surface area contributed by atoms with Gasteiger partial charge in [-0.1, -0.05) is 52.3 Å². The molecule has 0 aliphatic carbocycles. The highest BCUT2D eigenvalue weighted by Gasteiger charge is 2.45. The van der Waals surface area contributed by atoms with E-state index in [1.807, 2.05) is 66.7 Å². The van der Waals surface area contributed by atoms with E-state index in [2.05, 4.69) is 15.9 Å². The highest BCUT2D eigenvalue weighted by atomic mass is 79.9. The normalized spacial score (nSPS) is 17.1. The van der Waals surface area contributed by atoms with E-state index in [1.165, 1.54) is 4.57 Å². The molecule has 6 rings (SSSR count). The zero-order valence-electron chi connectivity index (χ0n) is 16.3. The predicted molar refractivity (Wildman–Crippen MR) is 123 cm³/mol. The van der Waals surface area contributed by atoms with E-state index in [-0.39, 0.29) is 12.0 Å². The molecule has 0 fully saturated rings. The van der Waals surface area contributed by atoms with Gasteiger partial charge in [0.05, 0.1) is 22.1 Å². The zero-order valence-corrected chi connectivity index (χ0v) is 17.9. The van der Waals surface area contributed by atoms with Crippen LogP contribution in [0.25, 0.3) is 27.5 Å². The second-order valence-corrected chi connectivity index (χ2v) is 8.70. The summed E-state index contributed by atoms with van der Waals surface area (Å²) >= 11 is 3.51. The molecule has 6 heteroatoms. The third kappa shape index (κ3) is 2.69. The van der Waals surface area contributed by atoms with Gasteiger partial charge in [0, 0.05) is 27.5 Å². The molecule has 2 aromatic heterocycles. The molecule has 1 unspecified atom stereocenters.